The molecule has 0 N–H and O–H groups in total. The van der Waals surface area contributed by atoms with Gasteiger partial charge in [-0.3, -0.25) is 0 Å². The Bertz CT molecular complexity index is 293. The van der Waals surface area contributed by atoms with Crippen LogP contribution >= 0.6 is 0 Å². The first kappa shape index (κ1) is 10.0. The summed E-state index contributed by atoms with van der Waals surface area (Å²) in [6.45, 7) is 7.07. The summed E-state index contributed by atoms with van der Waals surface area (Å²) in [5, 5.41) is 0. The Morgan fingerprint density at radius 1 is 1.29 bits per heavy atom. The molecule has 0 nitrogen and oxygen atoms in total. The maximum atomic E-state index is 2.49. The lowest BCUT2D eigenvalue weighted by molar-refractivity contribution is 0.360. The normalized spacial score (nSPS) is 32.6. The van der Waals surface area contributed by atoms with Crippen molar-refractivity contribution in [3.8, 4) is 0 Å². The second-order valence-electron chi connectivity index (χ2n) is 5.25. The summed E-state index contributed by atoms with van der Waals surface area (Å²) in [6.07, 6.45) is 10.6. The van der Waals surface area contributed by atoms with Crippen molar-refractivity contribution in [3.63, 3.8) is 0 Å². The fourth-order valence-corrected chi connectivity index (χ4v) is 2.82. The van der Waals surface area contributed by atoms with Crippen LogP contribution in [0.2, 0.25) is 0 Å². The van der Waals surface area contributed by atoms with Crippen molar-refractivity contribution < 1.29 is 0 Å². The molecule has 78 valence electrons. The molecule has 0 heterocycles. The molecule has 2 aliphatic rings. The SMILES string of the molecule is CCC1(C)CC2=C(C=C1C)CCCC2. The lowest BCUT2D eigenvalue weighted by Crippen LogP contribution is -2.22. The van der Waals surface area contributed by atoms with E-state index >= 15 is 0 Å². The van der Waals surface area contributed by atoms with E-state index in [9.17, 15) is 0 Å². The Morgan fingerprint density at radius 3 is 2.71 bits per heavy atom. The zero-order chi connectivity index (χ0) is 10.2. The molecule has 0 radical (unpaired) electrons. The maximum absolute atomic E-state index is 2.49. The highest BCUT2D eigenvalue weighted by Crippen LogP contribution is 2.45. The van der Waals surface area contributed by atoms with Gasteiger partial charge in [0.2, 0.25) is 0 Å². The van der Waals surface area contributed by atoms with Crippen LogP contribution in [-0.2, 0) is 0 Å². The third-order valence-corrected chi connectivity index (χ3v) is 4.36. The van der Waals surface area contributed by atoms with Gasteiger partial charge in [0.25, 0.3) is 0 Å². The van der Waals surface area contributed by atoms with Crippen LogP contribution in [0.3, 0.4) is 0 Å². The molecule has 2 rings (SSSR count). The Labute approximate surface area is 88.1 Å². The van der Waals surface area contributed by atoms with Crippen LogP contribution in [0, 0.1) is 5.41 Å². The maximum Gasteiger partial charge on any atom is -0.00812 e. The summed E-state index contributed by atoms with van der Waals surface area (Å²) >= 11 is 0. The summed E-state index contributed by atoms with van der Waals surface area (Å²) in [5.74, 6) is 0. The molecule has 14 heavy (non-hydrogen) atoms. The molecular weight excluding hydrogens is 168 g/mol. The minimum atomic E-state index is 0.468. The second kappa shape index (κ2) is 3.56. The summed E-state index contributed by atoms with van der Waals surface area (Å²) < 4.78 is 0. The Kier molecular flexibility index (Phi) is 2.55. The average Bonchev–Trinajstić information content (AvgIpc) is 2.20. The molecule has 0 saturated carbocycles. The van der Waals surface area contributed by atoms with Gasteiger partial charge in [0.15, 0.2) is 0 Å². The van der Waals surface area contributed by atoms with Gasteiger partial charge < -0.3 is 0 Å². The van der Waals surface area contributed by atoms with Gasteiger partial charge in [-0.25, -0.2) is 0 Å². The minimum Gasteiger partial charge on any atom is -0.0668 e. The van der Waals surface area contributed by atoms with E-state index in [1.807, 2.05) is 0 Å². The molecule has 0 heteroatoms. The summed E-state index contributed by atoms with van der Waals surface area (Å²) in [4.78, 5) is 0. The Morgan fingerprint density at radius 2 is 2.00 bits per heavy atom. The molecule has 0 aromatic carbocycles. The van der Waals surface area contributed by atoms with Crippen molar-refractivity contribution in [2.45, 2.75) is 59.3 Å². The molecule has 1 atom stereocenters. The van der Waals surface area contributed by atoms with Gasteiger partial charge in [0, 0.05) is 0 Å². The molecule has 0 aromatic heterocycles. The largest absolute Gasteiger partial charge is 0.0668 e. The van der Waals surface area contributed by atoms with Gasteiger partial charge in [-0.2, -0.15) is 0 Å². The number of hydrogen-bond donors (Lipinski definition) is 0. The number of rotatable bonds is 1. The average molecular weight is 190 g/mol. The van der Waals surface area contributed by atoms with E-state index in [4.69, 9.17) is 0 Å². The summed E-state index contributed by atoms with van der Waals surface area (Å²) in [7, 11) is 0. The Balaban J connectivity index is 2.30. The van der Waals surface area contributed by atoms with Crippen molar-refractivity contribution in [1.29, 1.82) is 0 Å². The molecule has 0 aromatic rings. The van der Waals surface area contributed by atoms with Gasteiger partial charge in [0.05, 0.1) is 0 Å². The topological polar surface area (TPSA) is 0 Å². The van der Waals surface area contributed by atoms with Crippen LogP contribution in [0.1, 0.15) is 59.3 Å². The first-order valence-electron chi connectivity index (χ1n) is 6.05. The van der Waals surface area contributed by atoms with Crippen LogP contribution < -0.4 is 0 Å². The lowest BCUT2D eigenvalue weighted by Gasteiger charge is -2.37. The standard InChI is InChI=1S/C14H22/c1-4-14(3)10-13-8-6-5-7-12(13)9-11(14)2/h9H,4-8,10H2,1-3H3. The van der Waals surface area contributed by atoms with Crippen LogP contribution in [0.4, 0.5) is 0 Å². The predicted molar refractivity (Wildman–Crippen MR) is 62.3 cm³/mol. The van der Waals surface area contributed by atoms with Gasteiger partial charge in [-0.15, -0.1) is 0 Å². The first-order chi connectivity index (χ1) is 6.65. The first-order valence-corrected chi connectivity index (χ1v) is 6.05. The van der Waals surface area contributed by atoms with Crippen LogP contribution in [0.5, 0.6) is 0 Å². The molecular formula is C14H22. The third-order valence-electron chi connectivity index (χ3n) is 4.36. The van der Waals surface area contributed by atoms with E-state index in [1.54, 1.807) is 16.7 Å². The van der Waals surface area contributed by atoms with E-state index in [-0.39, 0.29) is 0 Å². The van der Waals surface area contributed by atoms with Gasteiger partial charge >= 0.3 is 0 Å². The van der Waals surface area contributed by atoms with Crippen LogP contribution in [-0.4, -0.2) is 0 Å². The Hall–Kier alpha value is -0.520. The van der Waals surface area contributed by atoms with Crippen molar-refractivity contribution in [3.05, 3.63) is 22.8 Å². The molecule has 0 bridgehead atoms. The van der Waals surface area contributed by atoms with E-state index in [2.05, 4.69) is 26.8 Å². The van der Waals surface area contributed by atoms with Gasteiger partial charge in [0.1, 0.15) is 0 Å². The summed E-state index contributed by atoms with van der Waals surface area (Å²) in [5.41, 5.74) is 5.53. The molecule has 0 saturated heterocycles. The van der Waals surface area contributed by atoms with Crippen molar-refractivity contribution >= 4 is 0 Å². The van der Waals surface area contributed by atoms with Crippen LogP contribution in [0.25, 0.3) is 0 Å². The third kappa shape index (κ3) is 1.55. The smallest absolute Gasteiger partial charge is 0.00812 e. The van der Waals surface area contributed by atoms with Crippen molar-refractivity contribution in [1.82, 2.24) is 0 Å². The summed E-state index contributed by atoms with van der Waals surface area (Å²) in [6, 6.07) is 0. The number of hydrogen-bond acceptors (Lipinski definition) is 0. The molecule has 0 aliphatic heterocycles. The zero-order valence-corrected chi connectivity index (χ0v) is 9.82. The highest BCUT2D eigenvalue weighted by atomic mass is 14.4. The van der Waals surface area contributed by atoms with E-state index in [0.717, 1.165) is 0 Å². The predicted octanol–water partition coefficient (Wildman–Crippen LogP) is 4.62. The molecule has 2 aliphatic carbocycles. The highest BCUT2D eigenvalue weighted by molar-refractivity contribution is 5.38. The van der Waals surface area contributed by atoms with Crippen molar-refractivity contribution in [2.75, 3.05) is 0 Å². The highest BCUT2D eigenvalue weighted by Gasteiger charge is 2.30. The zero-order valence-electron chi connectivity index (χ0n) is 9.82. The monoisotopic (exact) mass is 190 g/mol. The fourth-order valence-electron chi connectivity index (χ4n) is 2.82. The van der Waals surface area contributed by atoms with E-state index < -0.39 is 0 Å². The van der Waals surface area contributed by atoms with Gasteiger partial charge in [-0.05, 0) is 56.4 Å². The fraction of sp³-hybridized carbons (Fsp3) is 0.714. The van der Waals surface area contributed by atoms with Crippen LogP contribution in [0.15, 0.2) is 22.8 Å². The molecule has 1 unspecified atom stereocenters. The second-order valence-corrected chi connectivity index (χ2v) is 5.25. The number of allylic oxidation sites excluding steroid dienone is 4. The van der Waals surface area contributed by atoms with E-state index in [1.165, 1.54) is 38.5 Å². The lowest BCUT2D eigenvalue weighted by atomic mass is 9.68. The molecule has 0 fully saturated rings. The van der Waals surface area contributed by atoms with Crippen molar-refractivity contribution in [2.24, 2.45) is 5.41 Å². The quantitative estimate of drug-likeness (QED) is 0.566. The minimum absolute atomic E-state index is 0.468. The van der Waals surface area contributed by atoms with E-state index in [0.29, 0.717) is 5.41 Å². The molecule has 0 amide bonds. The van der Waals surface area contributed by atoms with Gasteiger partial charge in [-0.1, -0.05) is 31.1 Å². The molecule has 0 spiro atoms.